The smallest absolute Gasteiger partial charge is 0.328 e. The normalized spacial score (nSPS) is 14.3. The van der Waals surface area contributed by atoms with Crippen LogP contribution in [0, 0.1) is 0 Å². The summed E-state index contributed by atoms with van der Waals surface area (Å²) >= 11 is 6.28. The Kier molecular flexibility index (Phi) is 4.25. The molecule has 0 radical (unpaired) electrons. The fourth-order valence-corrected chi connectivity index (χ4v) is 3.29. The summed E-state index contributed by atoms with van der Waals surface area (Å²) in [6.07, 6.45) is 3.35. The predicted molar refractivity (Wildman–Crippen MR) is 102 cm³/mol. The van der Waals surface area contributed by atoms with Crippen molar-refractivity contribution in [2.75, 3.05) is 0 Å². The molecule has 1 fully saturated rings. The van der Waals surface area contributed by atoms with E-state index in [-0.39, 0.29) is 5.57 Å². The molecule has 4 amide bonds. The summed E-state index contributed by atoms with van der Waals surface area (Å²) in [6, 6.07) is 14.4. The van der Waals surface area contributed by atoms with Gasteiger partial charge in [0, 0.05) is 34.2 Å². The Balaban J connectivity index is 1.80. The summed E-state index contributed by atoms with van der Waals surface area (Å²) in [4.78, 5) is 35.3. The van der Waals surface area contributed by atoms with Gasteiger partial charge in [-0.05, 0) is 23.8 Å². The maximum atomic E-state index is 12.0. The minimum Gasteiger partial charge on any atom is -0.342 e. The molecule has 7 heteroatoms. The second-order valence-electron chi connectivity index (χ2n) is 6.12. The quantitative estimate of drug-likeness (QED) is 0.542. The zero-order valence-electron chi connectivity index (χ0n) is 14.0. The Morgan fingerprint density at radius 2 is 1.59 bits per heavy atom. The first-order valence-corrected chi connectivity index (χ1v) is 8.60. The number of carbonyl (C=O) groups is 3. The third kappa shape index (κ3) is 3.22. The summed E-state index contributed by atoms with van der Waals surface area (Å²) in [5, 5.41) is 5.71. The van der Waals surface area contributed by atoms with E-state index < -0.39 is 17.8 Å². The van der Waals surface area contributed by atoms with E-state index in [1.165, 1.54) is 6.08 Å². The van der Waals surface area contributed by atoms with Crippen LogP contribution in [0.3, 0.4) is 0 Å². The van der Waals surface area contributed by atoms with Crippen molar-refractivity contribution in [3.05, 3.63) is 76.5 Å². The van der Waals surface area contributed by atoms with Crippen LogP contribution >= 0.6 is 11.6 Å². The lowest BCUT2D eigenvalue weighted by Gasteiger charge is -2.13. The monoisotopic (exact) mass is 379 g/mol. The molecule has 0 aliphatic carbocycles. The van der Waals surface area contributed by atoms with Crippen LogP contribution in [-0.4, -0.2) is 22.4 Å². The molecule has 1 saturated heterocycles. The molecular weight excluding hydrogens is 366 g/mol. The molecular formula is C20H14ClN3O3. The number of nitrogens with one attached hydrogen (secondary N) is 2. The van der Waals surface area contributed by atoms with Gasteiger partial charge in [0.05, 0.1) is 0 Å². The highest BCUT2D eigenvalue weighted by molar-refractivity contribution is 6.31. The van der Waals surface area contributed by atoms with Gasteiger partial charge in [0.25, 0.3) is 11.8 Å². The minimum absolute atomic E-state index is 0.116. The molecule has 2 N–H and O–H groups in total. The van der Waals surface area contributed by atoms with E-state index in [4.69, 9.17) is 11.6 Å². The average Bonchev–Trinajstić information content (AvgIpc) is 2.98. The minimum atomic E-state index is -0.816. The first-order chi connectivity index (χ1) is 13.0. The summed E-state index contributed by atoms with van der Waals surface area (Å²) in [5.41, 5.74) is 2.48. The lowest BCUT2D eigenvalue weighted by molar-refractivity contribution is -0.123. The first kappa shape index (κ1) is 17.1. The van der Waals surface area contributed by atoms with Gasteiger partial charge < -0.3 is 4.57 Å². The van der Waals surface area contributed by atoms with Gasteiger partial charge in [0.2, 0.25) is 0 Å². The van der Waals surface area contributed by atoms with Gasteiger partial charge in [-0.3, -0.25) is 20.2 Å². The van der Waals surface area contributed by atoms with E-state index in [0.717, 1.165) is 16.5 Å². The number of hydrogen-bond donors (Lipinski definition) is 2. The third-order valence-corrected chi connectivity index (χ3v) is 4.73. The van der Waals surface area contributed by atoms with Crippen molar-refractivity contribution < 1.29 is 14.4 Å². The van der Waals surface area contributed by atoms with Crippen molar-refractivity contribution in [2.24, 2.45) is 0 Å². The number of halogens is 1. The molecule has 134 valence electrons. The number of rotatable bonds is 3. The number of para-hydroxylation sites is 1. The number of urea groups is 1. The van der Waals surface area contributed by atoms with Crippen LogP contribution in [0.2, 0.25) is 5.02 Å². The number of amides is 4. The molecule has 0 bridgehead atoms. The molecule has 0 unspecified atom stereocenters. The van der Waals surface area contributed by atoms with Crippen molar-refractivity contribution in [3.8, 4) is 0 Å². The average molecular weight is 380 g/mol. The topological polar surface area (TPSA) is 80.2 Å². The van der Waals surface area contributed by atoms with Gasteiger partial charge >= 0.3 is 6.03 Å². The molecule has 0 spiro atoms. The molecule has 27 heavy (non-hydrogen) atoms. The number of imide groups is 2. The van der Waals surface area contributed by atoms with Crippen LogP contribution in [0.1, 0.15) is 11.1 Å². The third-order valence-electron chi connectivity index (χ3n) is 4.36. The highest BCUT2D eigenvalue weighted by Gasteiger charge is 2.28. The second-order valence-corrected chi connectivity index (χ2v) is 6.52. The van der Waals surface area contributed by atoms with Gasteiger partial charge in [-0.2, -0.15) is 0 Å². The van der Waals surface area contributed by atoms with Gasteiger partial charge in [-0.25, -0.2) is 4.79 Å². The van der Waals surface area contributed by atoms with Crippen LogP contribution in [0.4, 0.5) is 4.79 Å². The molecule has 4 rings (SSSR count). The number of hydrogen-bond acceptors (Lipinski definition) is 3. The zero-order valence-corrected chi connectivity index (χ0v) is 14.8. The van der Waals surface area contributed by atoms with E-state index in [1.807, 2.05) is 59.3 Å². The van der Waals surface area contributed by atoms with Gasteiger partial charge in [-0.1, -0.05) is 48.0 Å². The van der Waals surface area contributed by atoms with Gasteiger partial charge in [0.15, 0.2) is 0 Å². The number of barbiturate groups is 1. The Labute approximate surface area is 159 Å². The lowest BCUT2D eigenvalue weighted by Crippen LogP contribution is -2.51. The fraction of sp³-hybridized carbons (Fsp3) is 0.0500. The highest BCUT2D eigenvalue weighted by atomic mass is 35.5. The molecule has 1 aromatic heterocycles. The SMILES string of the molecule is O=C1NC(=O)C(=Cc2cn(Cc3ccccc3Cl)c3ccccc23)C(=O)N1. The highest BCUT2D eigenvalue weighted by Crippen LogP contribution is 2.26. The lowest BCUT2D eigenvalue weighted by atomic mass is 10.1. The molecule has 1 aliphatic heterocycles. The first-order valence-electron chi connectivity index (χ1n) is 8.22. The van der Waals surface area contributed by atoms with Crippen molar-refractivity contribution in [1.82, 2.24) is 15.2 Å². The summed E-state index contributed by atoms with van der Waals surface area (Å²) in [7, 11) is 0. The zero-order chi connectivity index (χ0) is 19.0. The number of nitrogens with zero attached hydrogens (tertiary/aromatic N) is 1. The van der Waals surface area contributed by atoms with Crippen molar-refractivity contribution in [1.29, 1.82) is 0 Å². The molecule has 1 aliphatic rings. The molecule has 2 aromatic carbocycles. The largest absolute Gasteiger partial charge is 0.342 e. The van der Waals surface area contributed by atoms with E-state index in [1.54, 1.807) is 0 Å². The molecule has 0 saturated carbocycles. The van der Waals surface area contributed by atoms with E-state index in [2.05, 4.69) is 10.6 Å². The van der Waals surface area contributed by atoms with Gasteiger partial charge in [-0.15, -0.1) is 0 Å². The van der Waals surface area contributed by atoms with Crippen LogP contribution in [0.15, 0.2) is 60.3 Å². The number of benzene rings is 2. The molecule has 0 atom stereocenters. The number of aromatic nitrogens is 1. The molecule has 2 heterocycles. The maximum absolute atomic E-state index is 12.0. The van der Waals surface area contributed by atoms with Crippen molar-refractivity contribution in [3.63, 3.8) is 0 Å². The number of carbonyl (C=O) groups excluding carboxylic acids is 3. The fourth-order valence-electron chi connectivity index (χ4n) is 3.09. The van der Waals surface area contributed by atoms with Crippen LogP contribution in [0.25, 0.3) is 17.0 Å². The summed E-state index contributed by atoms with van der Waals surface area (Å²) in [6.45, 7) is 0.542. The van der Waals surface area contributed by atoms with Gasteiger partial charge in [0.1, 0.15) is 5.57 Å². The summed E-state index contributed by atoms with van der Waals surface area (Å²) in [5.74, 6) is -1.43. The Hall–Kier alpha value is -3.38. The van der Waals surface area contributed by atoms with Crippen LogP contribution in [0.5, 0.6) is 0 Å². The van der Waals surface area contributed by atoms with Crippen LogP contribution < -0.4 is 10.6 Å². The van der Waals surface area contributed by atoms with E-state index in [0.29, 0.717) is 17.1 Å². The second kappa shape index (κ2) is 6.74. The molecule has 3 aromatic rings. The van der Waals surface area contributed by atoms with E-state index >= 15 is 0 Å². The Bertz CT molecular complexity index is 1110. The number of fused-ring (bicyclic) bond motifs is 1. The molecule has 6 nitrogen and oxygen atoms in total. The Morgan fingerprint density at radius 1 is 0.926 bits per heavy atom. The maximum Gasteiger partial charge on any atom is 0.328 e. The van der Waals surface area contributed by atoms with E-state index in [9.17, 15) is 14.4 Å². The Morgan fingerprint density at radius 3 is 2.33 bits per heavy atom. The van der Waals surface area contributed by atoms with Crippen molar-refractivity contribution >= 4 is 46.4 Å². The summed E-state index contributed by atoms with van der Waals surface area (Å²) < 4.78 is 2.01. The van der Waals surface area contributed by atoms with Crippen LogP contribution in [-0.2, 0) is 16.1 Å². The predicted octanol–water partition coefficient (Wildman–Crippen LogP) is 3.09. The van der Waals surface area contributed by atoms with Crippen molar-refractivity contribution in [2.45, 2.75) is 6.54 Å². The standard InChI is InChI=1S/C20H14ClN3O3/c21-16-7-3-1-5-12(16)10-24-11-13(14-6-2-4-8-17(14)24)9-15-18(25)22-20(27)23-19(15)26/h1-9,11H,10H2,(H2,22,23,25,26,27).